The van der Waals surface area contributed by atoms with E-state index in [-0.39, 0.29) is 12.3 Å². The van der Waals surface area contributed by atoms with Gasteiger partial charge in [0, 0.05) is 37.8 Å². The number of imidazole rings is 1. The molecule has 0 aromatic carbocycles. The van der Waals surface area contributed by atoms with E-state index in [0.717, 1.165) is 73.4 Å². The summed E-state index contributed by atoms with van der Waals surface area (Å²) in [5.74, 6) is 2.53. The molecule has 2 saturated heterocycles. The number of rotatable bonds is 7. The maximum Gasteiger partial charge on any atom is 0.172 e. The zero-order valence-corrected chi connectivity index (χ0v) is 21.5. The van der Waals surface area contributed by atoms with Gasteiger partial charge in [0.15, 0.2) is 17.9 Å². The molecule has 2 aliphatic heterocycles. The molecule has 1 aliphatic carbocycles. The third kappa shape index (κ3) is 5.24. The first kappa shape index (κ1) is 24.4. The number of nitrogens with one attached hydrogen (secondary N) is 1. The van der Waals surface area contributed by atoms with Crippen molar-refractivity contribution in [2.45, 2.75) is 77.1 Å². The van der Waals surface area contributed by atoms with Gasteiger partial charge in [-0.25, -0.2) is 19.9 Å². The number of hydrogen-bond donors (Lipinski definition) is 1. The fraction of sp³-hybridized carbons (Fsp3) is 0.556. The van der Waals surface area contributed by atoms with Crippen molar-refractivity contribution in [1.29, 1.82) is 0 Å². The van der Waals surface area contributed by atoms with Crippen molar-refractivity contribution in [3.8, 4) is 0 Å². The molecule has 1 N–H and O–H groups in total. The second-order valence-electron chi connectivity index (χ2n) is 10.1. The minimum atomic E-state index is -0.453. The molecule has 37 heavy (non-hydrogen) atoms. The van der Waals surface area contributed by atoms with Gasteiger partial charge in [-0.05, 0) is 51.2 Å². The number of hydrogen-bond acceptors (Lipinski definition) is 9. The maximum absolute atomic E-state index is 6.04. The molecule has 1 atom stereocenters. The van der Waals surface area contributed by atoms with Crippen LogP contribution in [0.1, 0.15) is 70.1 Å². The van der Waals surface area contributed by atoms with Crippen LogP contribution in [0.5, 0.6) is 0 Å². The van der Waals surface area contributed by atoms with Crippen molar-refractivity contribution >= 4 is 28.2 Å². The molecule has 0 amide bonds. The number of anilines is 2. The Hall–Kier alpha value is -2.92. The third-order valence-corrected chi connectivity index (χ3v) is 7.15. The van der Waals surface area contributed by atoms with E-state index < -0.39 is 5.79 Å². The second-order valence-corrected chi connectivity index (χ2v) is 10.1. The first-order valence-electron chi connectivity index (χ1n) is 13.3. The van der Waals surface area contributed by atoms with Gasteiger partial charge in [0.25, 0.3) is 0 Å². The molecular weight excluding hydrogens is 472 g/mol. The standard InChI is InChI=1S/C27H34N6O4/c1-18(2)33-21-15-23(29-16-20(21)30-24(33)17-35-25-5-3-4-12-34-25)31-22-8-11-28-26(32-22)19-6-9-27(10-7-19)36-13-14-37-27/h6,8,11,15-16,18,25H,3-5,7,9-10,12-14,17H2,1-2H3,(H,28,29,31,32). The van der Waals surface area contributed by atoms with Gasteiger partial charge in [-0.2, -0.15) is 0 Å². The van der Waals surface area contributed by atoms with Crippen molar-refractivity contribution in [3.05, 3.63) is 42.3 Å². The number of pyridine rings is 1. The number of nitrogens with zero attached hydrogens (tertiary/aromatic N) is 5. The lowest BCUT2D eigenvalue weighted by Crippen LogP contribution is -2.31. The molecule has 3 aliphatic rings. The highest BCUT2D eigenvalue weighted by Gasteiger charge is 2.38. The van der Waals surface area contributed by atoms with E-state index in [1.54, 1.807) is 12.4 Å². The molecule has 196 valence electrons. The van der Waals surface area contributed by atoms with E-state index in [1.165, 1.54) is 0 Å². The summed E-state index contributed by atoms with van der Waals surface area (Å²) in [6, 6.07) is 4.08. The average Bonchev–Trinajstić information content (AvgIpc) is 3.53. The van der Waals surface area contributed by atoms with Crippen LogP contribution >= 0.6 is 0 Å². The van der Waals surface area contributed by atoms with Gasteiger partial charge in [0.2, 0.25) is 0 Å². The molecule has 0 saturated carbocycles. The monoisotopic (exact) mass is 506 g/mol. The van der Waals surface area contributed by atoms with E-state index in [4.69, 9.17) is 28.9 Å². The molecule has 6 rings (SSSR count). The fourth-order valence-electron chi connectivity index (χ4n) is 5.29. The molecule has 0 bridgehead atoms. The van der Waals surface area contributed by atoms with Crippen molar-refractivity contribution in [2.75, 3.05) is 25.1 Å². The Labute approximate surface area is 216 Å². The highest BCUT2D eigenvalue weighted by Crippen LogP contribution is 2.37. The van der Waals surface area contributed by atoms with Crippen LogP contribution in [0, 0.1) is 0 Å². The van der Waals surface area contributed by atoms with Crippen LogP contribution in [0.25, 0.3) is 16.6 Å². The van der Waals surface area contributed by atoms with Gasteiger partial charge in [-0.1, -0.05) is 6.08 Å². The molecule has 1 spiro atoms. The van der Waals surface area contributed by atoms with Gasteiger partial charge >= 0.3 is 0 Å². The van der Waals surface area contributed by atoms with Crippen LogP contribution in [-0.4, -0.2) is 56.4 Å². The molecule has 3 aromatic rings. The summed E-state index contributed by atoms with van der Waals surface area (Å²) in [5.41, 5.74) is 2.95. The third-order valence-electron chi connectivity index (χ3n) is 7.15. The van der Waals surface area contributed by atoms with Gasteiger partial charge < -0.3 is 28.8 Å². The van der Waals surface area contributed by atoms with Crippen LogP contribution in [0.4, 0.5) is 11.6 Å². The number of fused-ring (bicyclic) bond motifs is 1. The molecule has 0 radical (unpaired) electrons. The summed E-state index contributed by atoms with van der Waals surface area (Å²) >= 11 is 0. The minimum absolute atomic E-state index is 0.153. The van der Waals surface area contributed by atoms with E-state index in [2.05, 4.69) is 39.8 Å². The van der Waals surface area contributed by atoms with Crippen LogP contribution in [0.3, 0.4) is 0 Å². The fourth-order valence-corrected chi connectivity index (χ4v) is 5.29. The quantitative estimate of drug-likeness (QED) is 0.479. The van der Waals surface area contributed by atoms with Crippen LogP contribution < -0.4 is 5.32 Å². The first-order valence-corrected chi connectivity index (χ1v) is 13.3. The van der Waals surface area contributed by atoms with Gasteiger partial charge in [0.1, 0.15) is 29.6 Å². The van der Waals surface area contributed by atoms with E-state index in [0.29, 0.717) is 31.5 Å². The molecule has 1 unspecified atom stereocenters. The van der Waals surface area contributed by atoms with E-state index >= 15 is 0 Å². The van der Waals surface area contributed by atoms with Crippen LogP contribution in [0.2, 0.25) is 0 Å². The maximum atomic E-state index is 6.04. The zero-order valence-electron chi connectivity index (χ0n) is 21.5. The summed E-state index contributed by atoms with van der Waals surface area (Å²) in [5, 5.41) is 3.35. The summed E-state index contributed by atoms with van der Waals surface area (Å²) in [6.07, 6.45) is 11.1. The normalized spacial score (nSPS) is 21.6. The lowest BCUT2D eigenvalue weighted by Gasteiger charge is -2.30. The van der Waals surface area contributed by atoms with E-state index in [1.807, 2.05) is 12.1 Å². The zero-order chi connectivity index (χ0) is 25.2. The average molecular weight is 507 g/mol. The summed E-state index contributed by atoms with van der Waals surface area (Å²) < 4.78 is 25.6. The molecule has 3 aromatic heterocycles. The van der Waals surface area contributed by atoms with Gasteiger partial charge in [-0.15, -0.1) is 0 Å². The Kier molecular flexibility index (Phi) is 6.90. The molecule has 2 fully saturated rings. The predicted molar refractivity (Wildman–Crippen MR) is 138 cm³/mol. The van der Waals surface area contributed by atoms with Crippen molar-refractivity contribution in [1.82, 2.24) is 24.5 Å². The van der Waals surface area contributed by atoms with Crippen LogP contribution in [0.15, 0.2) is 30.6 Å². The van der Waals surface area contributed by atoms with Crippen molar-refractivity contribution < 1.29 is 18.9 Å². The van der Waals surface area contributed by atoms with Gasteiger partial charge in [-0.3, -0.25) is 0 Å². The predicted octanol–water partition coefficient (Wildman–Crippen LogP) is 4.90. The Morgan fingerprint density at radius 3 is 2.78 bits per heavy atom. The van der Waals surface area contributed by atoms with Crippen molar-refractivity contribution in [3.63, 3.8) is 0 Å². The molecule has 5 heterocycles. The Bertz CT molecular complexity index is 1280. The van der Waals surface area contributed by atoms with Gasteiger partial charge in [0.05, 0.1) is 24.9 Å². The topological polar surface area (TPSA) is 105 Å². The second kappa shape index (κ2) is 10.4. The van der Waals surface area contributed by atoms with Crippen molar-refractivity contribution in [2.24, 2.45) is 0 Å². The summed E-state index contributed by atoms with van der Waals surface area (Å²) in [7, 11) is 0. The Morgan fingerprint density at radius 2 is 2.03 bits per heavy atom. The smallest absolute Gasteiger partial charge is 0.172 e. The molecular formula is C27H34N6O4. The Morgan fingerprint density at radius 1 is 1.14 bits per heavy atom. The highest BCUT2D eigenvalue weighted by atomic mass is 16.7. The van der Waals surface area contributed by atoms with Crippen LogP contribution in [-0.2, 0) is 25.6 Å². The molecule has 10 heteroatoms. The van der Waals surface area contributed by atoms with E-state index in [9.17, 15) is 0 Å². The summed E-state index contributed by atoms with van der Waals surface area (Å²) in [4.78, 5) is 18.7. The Balaban J connectivity index is 1.20. The lowest BCUT2D eigenvalue weighted by molar-refractivity contribution is -0.170. The lowest BCUT2D eigenvalue weighted by atomic mass is 9.93. The number of aromatic nitrogens is 5. The largest absolute Gasteiger partial charge is 0.353 e. The minimum Gasteiger partial charge on any atom is -0.353 e. The summed E-state index contributed by atoms with van der Waals surface area (Å²) in [6.45, 7) is 6.79. The number of ether oxygens (including phenoxy) is 4. The number of allylic oxidation sites excluding steroid dienone is 1. The first-order chi connectivity index (χ1) is 18.1. The SMILES string of the molecule is CC(C)n1c(COC2CCCCO2)nc2cnc(Nc3ccnc(C4=CCC5(CC4)OCCO5)n3)cc21. The molecule has 10 nitrogen and oxygen atoms in total. The highest BCUT2D eigenvalue weighted by molar-refractivity contribution is 5.79.